The van der Waals surface area contributed by atoms with Crippen LogP contribution in [-0.2, 0) is 18.8 Å². The summed E-state index contributed by atoms with van der Waals surface area (Å²) in [5, 5.41) is 23.6. The molecular formula is C41H35N5O2. The molecule has 7 aromatic rings. The van der Waals surface area contributed by atoms with E-state index in [0.717, 1.165) is 50.3 Å². The Morgan fingerprint density at radius 2 is 1.21 bits per heavy atom. The largest absolute Gasteiger partial charge is 0.488 e. The highest BCUT2D eigenvalue weighted by molar-refractivity contribution is 5.81. The summed E-state index contributed by atoms with van der Waals surface area (Å²) in [5.74, 6) is 1.30. The zero-order chi connectivity index (χ0) is 32.9. The lowest BCUT2D eigenvalue weighted by atomic mass is 9.77. The van der Waals surface area contributed by atoms with E-state index in [1.807, 2.05) is 54.9 Å². The Hall–Kier alpha value is -5.92. The molecule has 7 heteroatoms. The second-order valence-electron chi connectivity index (χ2n) is 11.7. The SMILES string of the molecule is Cc1cc(OCc2ccc(-c3ccccc3-c3nnnn3C(c3ccccc3)(c3ccccc3)c3ccccc3)cc2)c(CO)c(C)n1. The van der Waals surface area contributed by atoms with Gasteiger partial charge in [-0.2, -0.15) is 0 Å². The fourth-order valence-corrected chi connectivity index (χ4v) is 6.50. The fourth-order valence-electron chi connectivity index (χ4n) is 6.50. The molecule has 2 heterocycles. The molecule has 0 aliphatic carbocycles. The highest BCUT2D eigenvalue weighted by atomic mass is 16.5. The third-order valence-electron chi connectivity index (χ3n) is 8.77. The third kappa shape index (κ3) is 5.65. The van der Waals surface area contributed by atoms with Crippen molar-refractivity contribution in [2.45, 2.75) is 32.6 Å². The maximum Gasteiger partial charge on any atom is 0.184 e. The van der Waals surface area contributed by atoms with Crippen molar-refractivity contribution in [3.8, 4) is 28.3 Å². The number of aliphatic hydroxyl groups is 1. The van der Waals surface area contributed by atoms with Gasteiger partial charge < -0.3 is 9.84 Å². The molecule has 0 unspecified atom stereocenters. The number of nitrogens with zero attached hydrogens (tertiary/aromatic N) is 5. The molecule has 0 saturated carbocycles. The van der Waals surface area contributed by atoms with Crippen LogP contribution in [-0.4, -0.2) is 30.3 Å². The number of tetrazole rings is 1. The summed E-state index contributed by atoms with van der Waals surface area (Å²) in [7, 11) is 0. The van der Waals surface area contributed by atoms with Crippen LogP contribution in [0.3, 0.4) is 0 Å². The van der Waals surface area contributed by atoms with E-state index in [1.54, 1.807) is 0 Å². The van der Waals surface area contributed by atoms with Gasteiger partial charge in [-0.3, -0.25) is 4.98 Å². The molecular weight excluding hydrogens is 594 g/mol. The van der Waals surface area contributed by atoms with E-state index in [0.29, 0.717) is 23.7 Å². The Kier molecular flexibility index (Phi) is 8.60. The molecule has 0 amide bonds. The number of hydrogen-bond donors (Lipinski definition) is 1. The van der Waals surface area contributed by atoms with E-state index in [-0.39, 0.29) is 6.61 Å². The smallest absolute Gasteiger partial charge is 0.184 e. The molecule has 236 valence electrons. The number of aryl methyl sites for hydroxylation is 2. The second-order valence-corrected chi connectivity index (χ2v) is 11.7. The first-order chi connectivity index (χ1) is 23.6. The Morgan fingerprint density at radius 1 is 0.667 bits per heavy atom. The molecule has 0 bridgehead atoms. The number of aromatic nitrogens is 5. The molecule has 7 rings (SSSR count). The number of rotatable bonds is 10. The molecule has 7 nitrogen and oxygen atoms in total. The molecule has 0 atom stereocenters. The van der Waals surface area contributed by atoms with Crippen LogP contribution in [0, 0.1) is 13.8 Å². The standard InChI is InChI=1S/C41H35N5O2/c1-29-26-39(38(27-47)30(2)42-29)48-28-31-22-24-32(25-23-31)36-20-12-13-21-37(36)40-43-44-45-46(40)41(33-14-6-3-7-15-33,34-16-8-4-9-17-34)35-18-10-5-11-19-35/h3-26,47H,27-28H2,1-2H3. The summed E-state index contributed by atoms with van der Waals surface area (Å²) in [4.78, 5) is 4.45. The van der Waals surface area contributed by atoms with Crippen molar-refractivity contribution in [1.29, 1.82) is 0 Å². The number of aliphatic hydroxyl groups excluding tert-OH is 1. The third-order valence-corrected chi connectivity index (χ3v) is 8.77. The van der Waals surface area contributed by atoms with Gasteiger partial charge in [-0.1, -0.05) is 140 Å². The Bertz CT molecular complexity index is 2030. The molecule has 0 aliphatic rings. The molecule has 0 spiro atoms. The maximum absolute atomic E-state index is 9.88. The fraction of sp³-hybridized carbons (Fsp3) is 0.122. The highest BCUT2D eigenvalue weighted by Crippen LogP contribution is 2.43. The summed E-state index contributed by atoms with van der Waals surface area (Å²) < 4.78 is 8.12. The molecule has 5 aromatic carbocycles. The van der Waals surface area contributed by atoms with Gasteiger partial charge in [0, 0.05) is 28.6 Å². The monoisotopic (exact) mass is 629 g/mol. The zero-order valence-electron chi connectivity index (χ0n) is 26.9. The topological polar surface area (TPSA) is 86.0 Å². The van der Waals surface area contributed by atoms with Crippen molar-refractivity contribution < 1.29 is 9.84 Å². The van der Waals surface area contributed by atoms with Gasteiger partial charge in [0.2, 0.25) is 0 Å². The van der Waals surface area contributed by atoms with E-state index in [4.69, 9.17) is 9.95 Å². The van der Waals surface area contributed by atoms with E-state index < -0.39 is 5.54 Å². The quantitative estimate of drug-likeness (QED) is 0.155. The minimum atomic E-state index is -0.853. The average Bonchev–Trinajstić information content (AvgIpc) is 3.63. The maximum atomic E-state index is 9.88. The minimum Gasteiger partial charge on any atom is -0.488 e. The first-order valence-corrected chi connectivity index (χ1v) is 15.9. The Morgan fingerprint density at radius 3 is 1.77 bits per heavy atom. The van der Waals surface area contributed by atoms with Crippen LogP contribution >= 0.6 is 0 Å². The van der Waals surface area contributed by atoms with Gasteiger partial charge in [0.05, 0.1) is 6.61 Å². The van der Waals surface area contributed by atoms with Crippen LogP contribution in [0.15, 0.2) is 146 Å². The molecule has 0 aliphatic heterocycles. The summed E-state index contributed by atoms with van der Waals surface area (Å²) in [6.07, 6.45) is 0. The summed E-state index contributed by atoms with van der Waals surface area (Å²) in [5.41, 5.74) is 8.57. The predicted octanol–water partition coefficient (Wildman–Crippen LogP) is 7.93. The van der Waals surface area contributed by atoms with Crippen molar-refractivity contribution in [3.05, 3.63) is 185 Å². The predicted molar refractivity (Wildman–Crippen MR) is 187 cm³/mol. The van der Waals surface area contributed by atoms with Crippen LogP contribution in [0.1, 0.15) is 39.2 Å². The summed E-state index contributed by atoms with van der Waals surface area (Å²) in [6.45, 7) is 4.05. The molecule has 0 radical (unpaired) electrons. The van der Waals surface area contributed by atoms with E-state index in [1.165, 1.54) is 0 Å². The second kappa shape index (κ2) is 13.4. The normalized spacial score (nSPS) is 11.4. The van der Waals surface area contributed by atoms with Crippen molar-refractivity contribution in [2.24, 2.45) is 0 Å². The van der Waals surface area contributed by atoms with Gasteiger partial charge >= 0.3 is 0 Å². The lowest BCUT2D eigenvalue weighted by Crippen LogP contribution is -2.39. The minimum absolute atomic E-state index is 0.121. The van der Waals surface area contributed by atoms with Crippen molar-refractivity contribution in [2.75, 3.05) is 0 Å². The summed E-state index contributed by atoms with van der Waals surface area (Å²) in [6, 6.07) is 49.7. The molecule has 2 aromatic heterocycles. The Balaban J connectivity index is 1.31. The van der Waals surface area contributed by atoms with Gasteiger partial charge in [0.15, 0.2) is 5.82 Å². The number of hydrogen-bond acceptors (Lipinski definition) is 6. The van der Waals surface area contributed by atoms with Gasteiger partial charge in [-0.25, -0.2) is 4.68 Å². The molecule has 1 N–H and O–H groups in total. The lowest BCUT2D eigenvalue weighted by molar-refractivity contribution is 0.257. The molecule has 0 saturated heterocycles. The van der Waals surface area contributed by atoms with Crippen LogP contribution in [0.25, 0.3) is 22.5 Å². The van der Waals surface area contributed by atoms with Crippen LogP contribution in [0.4, 0.5) is 0 Å². The van der Waals surface area contributed by atoms with Gasteiger partial charge in [-0.15, -0.1) is 5.10 Å². The zero-order valence-corrected chi connectivity index (χ0v) is 26.9. The molecule has 0 fully saturated rings. The van der Waals surface area contributed by atoms with Gasteiger partial charge in [-0.05, 0) is 57.7 Å². The number of benzene rings is 5. The van der Waals surface area contributed by atoms with Crippen LogP contribution in [0.5, 0.6) is 5.75 Å². The van der Waals surface area contributed by atoms with Crippen molar-refractivity contribution in [1.82, 2.24) is 25.2 Å². The highest BCUT2D eigenvalue weighted by Gasteiger charge is 2.42. The van der Waals surface area contributed by atoms with Crippen molar-refractivity contribution in [3.63, 3.8) is 0 Å². The lowest BCUT2D eigenvalue weighted by Gasteiger charge is -2.36. The Labute approximate surface area is 280 Å². The van der Waals surface area contributed by atoms with Gasteiger partial charge in [0.25, 0.3) is 0 Å². The number of pyridine rings is 1. The molecule has 48 heavy (non-hydrogen) atoms. The first-order valence-electron chi connectivity index (χ1n) is 15.9. The van der Waals surface area contributed by atoms with E-state index in [9.17, 15) is 5.11 Å². The van der Waals surface area contributed by atoms with Crippen molar-refractivity contribution >= 4 is 0 Å². The number of ether oxygens (including phenoxy) is 1. The summed E-state index contributed by atoms with van der Waals surface area (Å²) >= 11 is 0. The first kappa shape index (κ1) is 30.7. The van der Waals surface area contributed by atoms with E-state index >= 15 is 0 Å². The van der Waals surface area contributed by atoms with Crippen LogP contribution < -0.4 is 4.74 Å². The average molecular weight is 630 g/mol. The van der Waals surface area contributed by atoms with Gasteiger partial charge in [0.1, 0.15) is 17.9 Å². The van der Waals surface area contributed by atoms with E-state index in [2.05, 4.69) is 124 Å². The van der Waals surface area contributed by atoms with Crippen LogP contribution in [0.2, 0.25) is 0 Å².